The number of carbonyl (C=O) groups is 2. The number of ether oxygens (including phenoxy) is 2. The fourth-order valence-corrected chi connectivity index (χ4v) is 4.53. The van der Waals surface area contributed by atoms with Crippen molar-refractivity contribution in [1.29, 1.82) is 0 Å². The van der Waals surface area contributed by atoms with Gasteiger partial charge in [-0.05, 0) is 60.7 Å². The Kier molecular flexibility index (Phi) is 9.07. The highest BCUT2D eigenvalue weighted by Crippen LogP contribution is 2.33. The molecule has 0 radical (unpaired) electrons. The summed E-state index contributed by atoms with van der Waals surface area (Å²) in [4.78, 5) is 29.0. The molecule has 6 nitrogen and oxygen atoms in total. The molecular formula is C30H33ClN2O4. The number of nitrogens with one attached hydrogen (secondary N) is 1. The number of nitrogens with zero attached hydrogens (tertiary/aromatic N) is 1. The quantitative estimate of drug-likeness (QED) is 0.359. The van der Waals surface area contributed by atoms with Gasteiger partial charge in [-0.3, -0.25) is 9.59 Å². The molecule has 2 amide bonds. The van der Waals surface area contributed by atoms with Crippen LogP contribution in [0.3, 0.4) is 0 Å². The van der Waals surface area contributed by atoms with Gasteiger partial charge in [0, 0.05) is 30.5 Å². The molecule has 4 rings (SSSR count). The van der Waals surface area contributed by atoms with E-state index in [-0.39, 0.29) is 37.6 Å². The fourth-order valence-electron chi connectivity index (χ4n) is 4.32. The standard InChI is InChI=1S/C30H33ClN2O4/c1-3-21(2)32-30(35)26(17-22-8-5-4-6-9-22)33(19-24-10-7-11-25(31)16-24)29(34)15-13-23-12-14-27-28(18-23)37-20-36-27/h4-12,14,16,18,21,26H,3,13,15,17,19-20H2,1-2H3,(H,32,35). The molecular weight excluding hydrogens is 488 g/mol. The van der Waals surface area contributed by atoms with E-state index in [0.29, 0.717) is 29.4 Å². The Morgan fingerprint density at radius 2 is 1.70 bits per heavy atom. The number of hydrogen-bond donors (Lipinski definition) is 1. The molecule has 2 atom stereocenters. The van der Waals surface area contributed by atoms with Gasteiger partial charge in [0.15, 0.2) is 11.5 Å². The molecule has 2 unspecified atom stereocenters. The Bertz CT molecular complexity index is 1220. The maximum atomic E-state index is 13.8. The van der Waals surface area contributed by atoms with Crippen LogP contribution in [0.5, 0.6) is 11.5 Å². The fraction of sp³-hybridized carbons (Fsp3) is 0.333. The van der Waals surface area contributed by atoms with Crippen LogP contribution in [-0.2, 0) is 29.0 Å². The van der Waals surface area contributed by atoms with E-state index < -0.39 is 6.04 Å². The highest BCUT2D eigenvalue weighted by molar-refractivity contribution is 6.30. The highest BCUT2D eigenvalue weighted by atomic mass is 35.5. The molecule has 0 saturated carbocycles. The zero-order valence-electron chi connectivity index (χ0n) is 21.3. The SMILES string of the molecule is CCC(C)NC(=O)C(Cc1ccccc1)N(Cc1cccc(Cl)c1)C(=O)CCc1ccc2c(c1)OCO2. The molecule has 0 bridgehead atoms. The third-order valence-corrected chi connectivity index (χ3v) is 6.81. The van der Waals surface area contributed by atoms with Gasteiger partial charge in [0.05, 0.1) is 0 Å². The van der Waals surface area contributed by atoms with Crippen molar-refractivity contribution in [2.75, 3.05) is 6.79 Å². The van der Waals surface area contributed by atoms with Crippen molar-refractivity contribution in [2.45, 2.75) is 58.2 Å². The molecule has 0 aliphatic carbocycles. The lowest BCUT2D eigenvalue weighted by atomic mass is 10.0. The zero-order chi connectivity index (χ0) is 26.2. The van der Waals surface area contributed by atoms with Gasteiger partial charge in [0.1, 0.15) is 6.04 Å². The number of hydrogen-bond acceptors (Lipinski definition) is 4. The topological polar surface area (TPSA) is 67.9 Å². The van der Waals surface area contributed by atoms with Crippen LogP contribution in [0.2, 0.25) is 5.02 Å². The first-order valence-electron chi connectivity index (χ1n) is 12.7. The number of aryl methyl sites for hydroxylation is 1. The molecule has 37 heavy (non-hydrogen) atoms. The Morgan fingerprint density at radius 3 is 2.46 bits per heavy atom. The van der Waals surface area contributed by atoms with Crippen LogP contribution in [-0.4, -0.2) is 35.6 Å². The largest absolute Gasteiger partial charge is 0.454 e. The zero-order valence-corrected chi connectivity index (χ0v) is 22.0. The number of halogens is 1. The van der Waals surface area contributed by atoms with Crippen LogP contribution >= 0.6 is 11.6 Å². The van der Waals surface area contributed by atoms with E-state index in [2.05, 4.69) is 5.32 Å². The van der Waals surface area contributed by atoms with E-state index in [9.17, 15) is 9.59 Å². The van der Waals surface area contributed by atoms with Crippen molar-refractivity contribution in [1.82, 2.24) is 10.2 Å². The molecule has 1 heterocycles. The van der Waals surface area contributed by atoms with Gasteiger partial charge in [0.25, 0.3) is 0 Å². The van der Waals surface area contributed by atoms with Gasteiger partial charge >= 0.3 is 0 Å². The smallest absolute Gasteiger partial charge is 0.243 e. The van der Waals surface area contributed by atoms with Crippen LogP contribution in [0, 0.1) is 0 Å². The Labute approximate surface area is 223 Å². The summed E-state index contributed by atoms with van der Waals surface area (Å²) >= 11 is 6.25. The summed E-state index contributed by atoms with van der Waals surface area (Å²) in [5.74, 6) is 1.15. The number of rotatable bonds is 11. The summed E-state index contributed by atoms with van der Waals surface area (Å²) in [7, 11) is 0. The average Bonchev–Trinajstić information content (AvgIpc) is 3.38. The average molecular weight is 521 g/mol. The lowest BCUT2D eigenvalue weighted by Crippen LogP contribution is -2.52. The lowest BCUT2D eigenvalue weighted by molar-refractivity contribution is -0.141. The summed E-state index contributed by atoms with van der Waals surface area (Å²) < 4.78 is 10.9. The second kappa shape index (κ2) is 12.6. The summed E-state index contributed by atoms with van der Waals surface area (Å²) in [5.41, 5.74) is 2.84. The van der Waals surface area contributed by atoms with Gasteiger partial charge in [-0.1, -0.05) is 67.1 Å². The molecule has 7 heteroatoms. The predicted octanol–water partition coefficient (Wildman–Crippen LogP) is 5.56. The molecule has 3 aromatic carbocycles. The van der Waals surface area contributed by atoms with Crippen molar-refractivity contribution < 1.29 is 19.1 Å². The normalized spacial score (nSPS) is 13.6. The number of fused-ring (bicyclic) bond motifs is 1. The second-order valence-corrected chi connectivity index (χ2v) is 9.80. The Morgan fingerprint density at radius 1 is 0.946 bits per heavy atom. The number of carbonyl (C=O) groups excluding carboxylic acids is 2. The van der Waals surface area contributed by atoms with E-state index in [1.54, 1.807) is 11.0 Å². The van der Waals surface area contributed by atoms with E-state index in [1.807, 2.05) is 80.6 Å². The van der Waals surface area contributed by atoms with Gasteiger partial charge in [0.2, 0.25) is 18.6 Å². The summed E-state index contributed by atoms with van der Waals surface area (Å²) in [6.07, 6.45) is 1.99. The van der Waals surface area contributed by atoms with Crippen LogP contribution in [0.25, 0.3) is 0 Å². The van der Waals surface area contributed by atoms with Crippen molar-refractivity contribution in [2.24, 2.45) is 0 Å². The van der Waals surface area contributed by atoms with Crippen LogP contribution < -0.4 is 14.8 Å². The molecule has 194 valence electrons. The monoisotopic (exact) mass is 520 g/mol. The predicted molar refractivity (Wildman–Crippen MR) is 145 cm³/mol. The third-order valence-electron chi connectivity index (χ3n) is 6.58. The van der Waals surface area contributed by atoms with Crippen molar-refractivity contribution in [3.8, 4) is 11.5 Å². The molecule has 3 aromatic rings. The van der Waals surface area contributed by atoms with E-state index >= 15 is 0 Å². The van der Waals surface area contributed by atoms with Crippen LogP contribution in [0.15, 0.2) is 72.8 Å². The maximum Gasteiger partial charge on any atom is 0.243 e. The molecule has 1 aliphatic heterocycles. The molecule has 0 aromatic heterocycles. The van der Waals surface area contributed by atoms with E-state index in [0.717, 1.165) is 23.1 Å². The first-order valence-corrected chi connectivity index (χ1v) is 13.1. The van der Waals surface area contributed by atoms with Crippen molar-refractivity contribution in [3.63, 3.8) is 0 Å². The van der Waals surface area contributed by atoms with Crippen molar-refractivity contribution >= 4 is 23.4 Å². The number of amides is 2. The van der Waals surface area contributed by atoms with Gasteiger partial charge < -0.3 is 19.7 Å². The van der Waals surface area contributed by atoms with Crippen LogP contribution in [0.1, 0.15) is 43.4 Å². The summed E-state index contributed by atoms with van der Waals surface area (Å²) in [5, 5.41) is 3.69. The van der Waals surface area contributed by atoms with E-state index in [4.69, 9.17) is 21.1 Å². The maximum absolute atomic E-state index is 13.8. The molecule has 0 saturated heterocycles. The highest BCUT2D eigenvalue weighted by Gasteiger charge is 2.31. The first kappa shape index (κ1) is 26.6. The minimum Gasteiger partial charge on any atom is -0.454 e. The Balaban J connectivity index is 1.60. The molecule has 1 N–H and O–H groups in total. The molecule has 0 fully saturated rings. The van der Waals surface area contributed by atoms with Gasteiger partial charge in [-0.25, -0.2) is 0 Å². The van der Waals surface area contributed by atoms with Gasteiger partial charge in [-0.2, -0.15) is 0 Å². The molecule has 0 spiro atoms. The Hall–Kier alpha value is -3.51. The minimum atomic E-state index is -0.667. The summed E-state index contributed by atoms with van der Waals surface area (Å²) in [6, 6.07) is 22.3. The van der Waals surface area contributed by atoms with Crippen molar-refractivity contribution in [3.05, 3.63) is 94.5 Å². The lowest BCUT2D eigenvalue weighted by Gasteiger charge is -2.32. The van der Waals surface area contributed by atoms with Crippen LogP contribution in [0.4, 0.5) is 0 Å². The van der Waals surface area contributed by atoms with E-state index in [1.165, 1.54) is 0 Å². The first-order chi connectivity index (χ1) is 17.9. The summed E-state index contributed by atoms with van der Waals surface area (Å²) in [6.45, 7) is 4.49. The third kappa shape index (κ3) is 7.26. The van der Waals surface area contributed by atoms with Gasteiger partial charge in [-0.15, -0.1) is 0 Å². The molecule has 1 aliphatic rings. The second-order valence-electron chi connectivity index (χ2n) is 9.36. The minimum absolute atomic E-state index is 0.00234. The number of benzene rings is 3.